The number of hydrogen-bond donors (Lipinski definition) is 2. The van der Waals surface area contributed by atoms with Crippen molar-refractivity contribution in [2.75, 3.05) is 4.72 Å². The van der Waals surface area contributed by atoms with Gasteiger partial charge in [-0.2, -0.15) is 0 Å². The Balaban J connectivity index is 1.59. The van der Waals surface area contributed by atoms with Gasteiger partial charge in [-0.15, -0.1) is 0 Å². The van der Waals surface area contributed by atoms with Crippen LogP contribution in [0.15, 0.2) is 95.9 Å². The highest BCUT2D eigenvalue weighted by Crippen LogP contribution is 2.27. The average Bonchev–Trinajstić information content (AvgIpc) is 2.78. The Bertz CT molecular complexity index is 1350. The molecule has 0 aliphatic rings. The van der Waals surface area contributed by atoms with Gasteiger partial charge in [0.15, 0.2) is 0 Å². The van der Waals surface area contributed by atoms with Crippen LogP contribution in [0.25, 0.3) is 10.8 Å². The minimum absolute atomic E-state index is 0.0345. The number of hydrogen-bond acceptors (Lipinski definition) is 4. The first kappa shape index (κ1) is 20.4. The van der Waals surface area contributed by atoms with E-state index in [1.54, 1.807) is 12.1 Å². The molecule has 0 aliphatic heterocycles. The quantitative estimate of drug-likeness (QED) is 0.432. The van der Waals surface area contributed by atoms with Gasteiger partial charge >= 0.3 is 5.97 Å². The second kappa shape index (κ2) is 8.49. The molecule has 31 heavy (non-hydrogen) atoms. The van der Waals surface area contributed by atoms with Gasteiger partial charge in [-0.3, -0.25) is 4.72 Å². The van der Waals surface area contributed by atoms with Gasteiger partial charge in [0.05, 0.1) is 16.1 Å². The molecule has 0 saturated heterocycles. The SMILES string of the molecule is O=C(O)c1cc(OCc2ccccc2)ccc1NS(=O)(=O)c1ccc2ccccc2c1. The van der Waals surface area contributed by atoms with Crippen molar-refractivity contribution in [1.29, 1.82) is 0 Å². The lowest BCUT2D eigenvalue weighted by atomic mass is 10.1. The molecule has 6 nitrogen and oxygen atoms in total. The number of ether oxygens (including phenoxy) is 1. The molecule has 4 rings (SSSR count). The van der Waals surface area contributed by atoms with Crippen molar-refractivity contribution in [2.45, 2.75) is 11.5 Å². The minimum Gasteiger partial charge on any atom is -0.489 e. The third-order valence-corrected chi connectivity index (χ3v) is 6.11. The van der Waals surface area contributed by atoms with Crippen LogP contribution in [0.1, 0.15) is 15.9 Å². The van der Waals surface area contributed by atoms with E-state index in [1.165, 1.54) is 24.3 Å². The van der Waals surface area contributed by atoms with Gasteiger partial charge in [-0.25, -0.2) is 13.2 Å². The summed E-state index contributed by atoms with van der Waals surface area (Å²) in [5, 5.41) is 11.3. The third-order valence-electron chi connectivity index (χ3n) is 4.75. The third kappa shape index (κ3) is 4.67. The van der Waals surface area contributed by atoms with E-state index in [1.807, 2.05) is 54.6 Å². The maximum Gasteiger partial charge on any atom is 0.337 e. The van der Waals surface area contributed by atoms with E-state index in [0.29, 0.717) is 5.75 Å². The van der Waals surface area contributed by atoms with Crippen LogP contribution in [0.3, 0.4) is 0 Å². The Labute approximate surface area is 179 Å². The standard InChI is InChI=1S/C24H19NO5S/c26-24(27)22-15-20(30-16-17-6-2-1-3-7-17)11-13-23(22)25-31(28,29)21-12-10-18-8-4-5-9-19(18)14-21/h1-15,25H,16H2,(H,26,27). The summed E-state index contributed by atoms with van der Waals surface area (Å²) in [5.74, 6) is -0.934. The van der Waals surface area contributed by atoms with Crippen LogP contribution >= 0.6 is 0 Å². The fraction of sp³-hybridized carbons (Fsp3) is 0.0417. The molecule has 0 bridgehead atoms. The molecule has 0 radical (unpaired) electrons. The number of fused-ring (bicyclic) bond motifs is 1. The number of carboxylic acid groups (broad SMARTS) is 1. The topological polar surface area (TPSA) is 92.7 Å². The summed E-state index contributed by atoms with van der Waals surface area (Å²) in [6.07, 6.45) is 0. The summed E-state index contributed by atoms with van der Waals surface area (Å²) >= 11 is 0. The number of sulfonamides is 1. The monoisotopic (exact) mass is 433 g/mol. The predicted molar refractivity (Wildman–Crippen MR) is 119 cm³/mol. The fourth-order valence-corrected chi connectivity index (χ4v) is 4.27. The first-order valence-electron chi connectivity index (χ1n) is 9.48. The average molecular weight is 433 g/mol. The zero-order valence-electron chi connectivity index (χ0n) is 16.4. The van der Waals surface area contributed by atoms with Crippen LogP contribution in [0.4, 0.5) is 5.69 Å². The summed E-state index contributed by atoms with van der Waals surface area (Å²) in [4.78, 5) is 11.8. The number of aromatic carboxylic acids is 1. The highest BCUT2D eigenvalue weighted by atomic mass is 32.2. The van der Waals surface area contributed by atoms with Gasteiger partial charge in [-0.05, 0) is 46.7 Å². The summed E-state index contributed by atoms with van der Waals surface area (Å²) in [7, 11) is -3.98. The largest absolute Gasteiger partial charge is 0.489 e. The van der Waals surface area contributed by atoms with E-state index >= 15 is 0 Å². The molecule has 0 unspecified atom stereocenters. The van der Waals surface area contributed by atoms with Crippen LogP contribution in [0.2, 0.25) is 0 Å². The lowest BCUT2D eigenvalue weighted by Gasteiger charge is -2.13. The highest BCUT2D eigenvalue weighted by Gasteiger charge is 2.20. The molecule has 2 N–H and O–H groups in total. The van der Waals surface area contributed by atoms with Crippen molar-refractivity contribution < 1.29 is 23.1 Å². The van der Waals surface area contributed by atoms with Crippen LogP contribution in [0, 0.1) is 0 Å². The number of rotatable bonds is 7. The lowest BCUT2D eigenvalue weighted by molar-refractivity contribution is 0.0697. The summed E-state index contributed by atoms with van der Waals surface area (Å²) in [6, 6.07) is 25.8. The Hall–Kier alpha value is -3.84. The number of nitrogens with one attached hydrogen (secondary N) is 1. The normalized spacial score (nSPS) is 11.2. The van der Waals surface area contributed by atoms with Gasteiger partial charge in [0.1, 0.15) is 12.4 Å². The minimum atomic E-state index is -3.98. The van der Waals surface area contributed by atoms with Crippen LogP contribution in [0.5, 0.6) is 5.75 Å². The van der Waals surface area contributed by atoms with Crippen molar-refractivity contribution in [2.24, 2.45) is 0 Å². The molecule has 4 aromatic rings. The predicted octanol–water partition coefficient (Wildman–Crippen LogP) is 4.92. The van der Waals surface area contributed by atoms with Gasteiger partial charge in [0, 0.05) is 0 Å². The fourth-order valence-electron chi connectivity index (χ4n) is 3.16. The van der Waals surface area contributed by atoms with E-state index in [0.717, 1.165) is 16.3 Å². The van der Waals surface area contributed by atoms with Crippen molar-refractivity contribution in [3.05, 3.63) is 102 Å². The maximum atomic E-state index is 12.9. The smallest absolute Gasteiger partial charge is 0.337 e. The van der Waals surface area contributed by atoms with Gasteiger partial charge in [0.2, 0.25) is 0 Å². The van der Waals surface area contributed by atoms with Gasteiger partial charge < -0.3 is 9.84 Å². The van der Waals surface area contributed by atoms with E-state index in [4.69, 9.17) is 4.74 Å². The lowest BCUT2D eigenvalue weighted by Crippen LogP contribution is -2.15. The number of carboxylic acids is 1. The molecular formula is C24H19NO5S. The van der Waals surface area contributed by atoms with Crippen molar-refractivity contribution in [3.8, 4) is 5.75 Å². The number of carbonyl (C=O) groups is 1. The first-order valence-corrected chi connectivity index (χ1v) is 11.0. The van der Waals surface area contributed by atoms with Crippen LogP contribution in [-0.4, -0.2) is 19.5 Å². The van der Waals surface area contributed by atoms with Gasteiger partial charge in [0.25, 0.3) is 10.0 Å². The first-order chi connectivity index (χ1) is 14.9. The molecule has 0 saturated carbocycles. The molecule has 4 aromatic carbocycles. The van der Waals surface area contributed by atoms with Crippen molar-refractivity contribution >= 4 is 32.5 Å². The second-order valence-electron chi connectivity index (χ2n) is 6.90. The molecule has 7 heteroatoms. The molecule has 0 aromatic heterocycles. The molecule has 0 spiro atoms. The molecule has 0 amide bonds. The molecule has 0 atom stereocenters. The molecule has 0 fully saturated rings. The van der Waals surface area contributed by atoms with Crippen molar-refractivity contribution in [3.63, 3.8) is 0 Å². The zero-order chi connectivity index (χ0) is 21.8. The number of benzene rings is 4. The second-order valence-corrected chi connectivity index (χ2v) is 8.58. The van der Waals surface area contributed by atoms with E-state index in [-0.39, 0.29) is 22.8 Å². The Morgan fingerprint density at radius 3 is 2.29 bits per heavy atom. The molecular weight excluding hydrogens is 414 g/mol. The summed E-state index contributed by atoms with van der Waals surface area (Å²) < 4.78 is 33.8. The number of anilines is 1. The van der Waals surface area contributed by atoms with Crippen LogP contribution in [-0.2, 0) is 16.6 Å². The van der Waals surface area contributed by atoms with Crippen molar-refractivity contribution in [1.82, 2.24) is 0 Å². The highest BCUT2D eigenvalue weighted by molar-refractivity contribution is 7.92. The van der Waals surface area contributed by atoms with Crippen LogP contribution < -0.4 is 9.46 Å². The molecule has 0 aliphatic carbocycles. The summed E-state index contributed by atoms with van der Waals surface area (Å²) in [5.41, 5.74) is 0.697. The summed E-state index contributed by atoms with van der Waals surface area (Å²) in [6.45, 7) is 0.266. The Morgan fingerprint density at radius 1 is 0.839 bits per heavy atom. The maximum absolute atomic E-state index is 12.9. The molecule has 0 heterocycles. The van der Waals surface area contributed by atoms with E-state index in [9.17, 15) is 18.3 Å². The van der Waals surface area contributed by atoms with E-state index < -0.39 is 16.0 Å². The Kier molecular flexibility index (Phi) is 5.60. The van der Waals surface area contributed by atoms with Gasteiger partial charge in [-0.1, -0.05) is 60.7 Å². The molecule has 156 valence electrons. The Morgan fingerprint density at radius 2 is 1.55 bits per heavy atom. The zero-order valence-corrected chi connectivity index (χ0v) is 17.2. The van der Waals surface area contributed by atoms with E-state index in [2.05, 4.69) is 4.72 Å².